The molecule has 7 heteroatoms. The Morgan fingerprint density at radius 1 is 0.897 bits per heavy atom. The molecule has 2 N–H and O–H groups in total. The molecule has 0 atom stereocenters. The van der Waals surface area contributed by atoms with E-state index in [0.29, 0.717) is 16.0 Å². The quantitative estimate of drug-likeness (QED) is 0.583. The Morgan fingerprint density at radius 2 is 1.48 bits per heavy atom. The van der Waals surface area contributed by atoms with Gasteiger partial charge in [0.15, 0.2) is 0 Å². The molecule has 0 aliphatic heterocycles. The Kier molecular flexibility index (Phi) is 7.45. The zero-order valence-corrected chi connectivity index (χ0v) is 18.2. The number of nitrogens with zero attached hydrogens (tertiary/aromatic N) is 1. The molecule has 0 saturated carbocycles. The van der Waals surface area contributed by atoms with Gasteiger partial charge in [-0.15, -0.1) is 11.8 Å². The molecule has 0 bridgehead atoms. The summed E-state index contributed by atoms with van der Waals surface area (Å²) >= 11 is 1.28. The number of hydrogen-bond acceptors (Lipinski definition) is 4. The van der Waals surface area contributed by atoms with Gasteiger partial charge in [-0.3, -0.25) is 25.2 Å². The Morgan fingerprint density at radius 3 is 2.07 bits per heavy atom. The predicted molar refractivity (Wildman–Crippen MR) is 116 cm³/mol. The third kappa shape index (κ3) is 6.35. The van der Waals surface area contributed by atoms with Crippen molar-refractivity contribution in [3.8, 4) is 0 Å². The van der Waals surface area contributed by atoms with Crippen molar-refractivity contribution < 1.29 is 14.4 Å². The van der Waals surface area contributed by atoms with Crippen LogP contribution < -0.4 is 10.9 Å². The van der Waals surface area contributed by atoms with E-state index in [-0.39, 0.29) is 17.1 Å². The van der Waals surface area contributed by atoms with E-state index in [1.165, 1.54) is 16.7 Å². The lowest BCUT2D eigenvalue weighted by Crippen LogP contribution is -2.41. The van der Waals surface area contributed by atoms with E-state index in [1.54, 1.807) is 50.5 Å². The Labute approximate surface area is 176 Å². The third-order valence-corrected chi connectivity index (χ3v) is 5.34. The second-order valence-corrected chi connectivity index (χ2v) is 8.83. The summed E-state index contributed by atoms with van der Waals surface area (Å²) in [5.41, 5.74) is 6.86. The van der Waals surface area contributed by atoms with E-state index in [9.17, 15) is 14.4 Å². The molecule has 0 fully saturated rings. The lowest BCUT2D eigenvalue weighted by Gasteiger charge is -2.19. The highest BCUT2D eigenvalue weighted by molar-refractivity contribution is 8.00. The van der Waals surface area contributed by atoms with Gasteiger partial charge in [0, 0.05) is 24.6 Å². The van der Waals surface area contributed by atoms with Gasteiger partial charge in [0.25, 0.3) is 11.8 Å². The van der Waals surface area contributed by atoms with Gasteiger partial charge in [-0.2, -0.15) is 0 Å². The third-order valence-electron chi connectivity index (χ3n) is 4.28. The van der Waals surface area contributed by atoms with Crippen molar-refractivity contribution in [2.24, 2.45) is 0 Å². The van der Waals surface area contributed by atoms with E-state index in [4.69, 9.17) is 0 Å². The lowest BCUT2D eigenvalue weighted by atomic mass is 9.87. The second-order valence-electron chi connectivity index (χ2n) is 7.81. The summed E-state index contributed by atoms with van der Waals surface area (Å²) in [6, 6.07) is 14.2. The highest BCUT2D eigenvalue weighted by Crippen LogP contribution is 2.23. The molecule has 0 spiro atoms. The van der Waals surface area contributed by atoms with Crippen LogP contribution in [0.5, 0.6) is 0 Å². The maximum Gasteiger partial charge on any atom is 0.270 e. The average molecular weight is 414 g/mol. The van der Waals surface area contributed by atoms with Crippen molar-refractivity contribution in [2.75, 3.05) is 19.8 Å². The van der Waals surface area contributed by atoms with Crippen LogP contribution in [-0.2, 0) is 10.2 Å². The fourth-order valence-corrected chi connectivity index (χ4v) is 3.45. The molecule has 29 heavy (non-hydrogen) atoms. The molecule has 0 aliphatic carbocycles. The molecular weight excluding hydrogens is 386 g/mol. The number of carbonyl (C=O) groups is 3. The smallest absolute Gasteiger partial charge is 0.270 e. The molecule has 2 aromatic rings. The minimum atomic E-state index is -0.440. The molecule has 0 saturated heterocycles. The summed E-state index contributed by atoms with van der Waals surface area (Å²) in [6.45, 7) is 6.30. The molecule has 154 valence electrons. The number of hydrazine groups is 1. The van der Waals surface area contributed by atoms with Gasteiger partial charge in [0.1, 0.15) is 0 Å². The minimum absolute atomic E-state index is 0.00142. The number of carbonyl (C=O) groups excluding carboxylic acids is 3. The van der Waals surface area contributed by atoms with Crippen LogP contribution in [0.25, 0.3) is 0 Å². The molecular formula is C22H27N3O3S. The molecule has 0 radical (unpaired) electrons. The Balaban J connectivity index is 2.00. The molecule has 2 aromatic carbocycles. The van der Waals surface area contributed by atoms with E-state index in [2.05, 4.69) is 31.6 Å². The van der Waals surface area contributed by atoms with Crippen LogP contribution in [0.2, 0.25) is 0 Å². The first-order chi connectivity index (χ1) is 13.6. The van der Waals surface area contributed by atoms with Crippen LogP contribution in [-0.4, -0.2) is 42.5 Å². The number of benzene rings is 2. The van der Waals surface area contributed by atoms with Crippen molar-refractivity contribution in [1.29, 1.82) is 0 Å². The highest BCUT2D eigenvalue weighted by Gasteiger charge is 2.16. The molecule has 2 rings (SSSR count). The Hall–Kier alpha value is -2.80. The van der Waals surface area contributed by atoms with E-state index in [1.807, 2.05) is 12.1 Å². The van der Waals surface area contributed by atoms with Gasteiger partial charge in [0.05, 0.1) is 11.3 Å². The summed E-state index contributed by atoms with van der Waals surface area (Å²) < 4.78 is 0. The van der Waals surface area contributed by atoms with Crippen LogP contribution in [0.15, 0.2) is 53.4 Å². The largest absolute Gasteiger partial charge is 0.348 e. The lowest BCUT2D eigenvalue weighted by molar-refractivity contribution is -0.125. The van der Waals surface area contributed by atoms with Gasteiger partial charge >= 0.3 is 0 Å². The molecule has 0 heterocycles. The fourth-order valence-electron chi connectivity index (χ4n) is 2.42. The molecule has 3 amide bonds. The van der Waals surface area contributed by atoms with E-state index >= 15 is 0 Å². The van der Waals surface area contributed by atoms with Gasteiger partial charge < -0.3 is 4.90 Å². The van der Waals surface area contributed by atoms with Crippen molar-refractivity contribution in [1.82, 2.24) is 15.8 Å². The van der Waals surface area contributed by atoms with Gasteiger partial charge in [0.2, 0.25) is 5.91 Å². The average Bonchev–Trinajstić information content (AvgIpc) is 2.69. The summed E-state index contributed by atoms with van der Waals surface area (Å²) in [7, 11) is 3.37. The second kappa shape index (κ2) is 9.60. The summed E-state index contributed by atoms with van der Waals surface area (Å²) in [5.74, 6) is -0.655. The topological polar surface area (TPSA) is 78.5 Å². The zero-order valence-electron chi connectivity index (χ0n) is 17.4. The van der Waals surface area contributed by atoms with Gasteiger partial charge in [-0.1, -0.05) is 45.0 Å². The van der Waals surface area contributed by atoms with Crippen LogP contribution >= 0.6 is 11.8 Å². The summed E-state index contributed by atoms with van der Waals surface area (Å²) in [4.78, 5) is 38.8. The first-order valence-electron chi connectivity index (χ1n) is 9.23. The summed E-state index contributed by atoms with van der Waals surface area (Å²) in [5, 5.41) is 0. The molecule has 0 aromatic heterocycles. The number of thioether (sulfide) groups is 1. The van der Waals surface area contributed by atoms with Crippen LogP contribution in [0.3, 0.4) is 0 Å². The monoisotopic (exact) mass is 413 g/mol. The van der Waals surface area contributed by atoms with Crippen molar-refractivity contribution in [2.45, 2.75) is 31.1 Å². The predicted octanol–water partition coefficient (Wildman–Crippen LogP) is 3.24. The highest BCUT2D eigenvalue weighted by atomic mass is 32.2. The first kappa shape index (κ1) is 22.5. The van der Waals surface area contributed by atoms with Crippen molar-refractivity contribution in [3.63, 3.8) is 0 Å². The van der Waals surface area contributed by atoms with Crippen molar-refractivity contribution >= 4 is 29.5 Å². The number of amides is 3. The zero-order chi connectivity index (χ0) is 21.6. The van der Waals surface area contributed by atoms with Gasteiger partial charge in [-0.05, 0) is 35.2 Å². The number of nitrogens with one attached hydrogen (secondary N) is 2. The number of hydrogen-bond donors (Lipinski definition) is 2. The van der Waals surface area contributed by atoms with Crippen LogP contribution in [0.1, 0.15) is 47.1 Å². The van der Waals surface area contributed by atoms with E-state index < -0.39 is 11.8 Å². The normalized spacial score (nSPS) is 10.9. The summed E-state index contributed by atoms with van der Waals surface area (Å²) in [6.07, 6.45) is 0. The Bertz CT molecular complexity index is 887. The molecule has 6 nitrogen and oxygen atoms in total. The molecule has 0 aliphatic rings. The maximum absolute atomic E-state index is 12.5. The van der Waals surface area contributed by atoms with Gasteiger partial charge in [-0.25, -0.2) is 0 Å². The maximum atomic E-state index is 12.5. The number of rotatable bonds is 5. The van der Waals surface area contributed by atoms with Crippen LogP contribution in [0.4, 0.5) is 0 Å². The SMILES string of the molecule is CN(C)C(=O)CSc1ccccc1C(=O)NNC(=O)c1ccc(C(C)(C)C)cc1. The molecule has 0 unspecified atom stereocenters. The standard InChI is InChI=1S/C22H27N3O3S/c1-22(2,3)16-12-10-15(11-13-16)20(27)23-24-21(28)17-8-6-7-9-18(17)29-14-19(26)25(4)5/h6-13H,14H2,1-5H3,(H,23,27)(H,24,28). The minimum Gasteiger partial charge on any atom is -0.348 e. The first-order valence-corrected chi connectivity index (χ1v) is 10.2. The van der Waals surface area contributed by atoms with Crippen LogP contribution in [0, 0.1) is 0 Å². The van der Waals surface area contributed by atoms with E-state index in [0.717, 1.165) is 5.56 Å². The van der Waals surface area contributed by atoms with Crippen molar-refractivity contribution in [3.05, 3.63) is 65.2 Å². The fraction of sp³-hybridized carbons (Fsp3) is 0.318.